The number of likely N-dealkylation sites (tertiary alicyclic amines) is 1. The van der Waals surface area contributed by atoms with Gasteiger partial charge in [0.05, 0.1) is 22.0 Å². The summed E-state index contributed by atoms with van der Waals surface area (Å²) in [6, 6.07) is 14.0. The summed E-state index contributed by atoms with van der Waals surface area (Å²) < 4.78 is 3.67. The number of benzene rings is 1. The molecule has 0 spiro atoms. The Morgan fingerprint density at radius 2 is 2.04 bits per heavy atom. The number of halogens is 1. The van der Waals surface area contributed by atoms with Crippen LogP contribution in [0, 0.1) is 0 Å². The average Bonchev–Trinajstić information content (AvgIpc) is 3.13. The zero-order chi connectivity index (χ0) is 19.1. The molecule has 4 aromatic rings. The highest BCUT2D eigenvalue weighted by Crippen LogP contribution is 2.36. The SMILES string of the molecule is O=c1cc(CN2CCCCC2c2nc3ccccc3s2)nc2ccc(Br)cn12. The number of hydrogen-bond acceptors (Lipinski definition) is 5. The first kappa shape index (κ1) is 18.0. The van der Waals surface area contributed by atoms with E-state index in [0.717, 1.165) is 28.6 Å². The van der Waals surface area contributed by atoms with Crippen molar-refractivity contribution in [2.45, 2.75) is 31.8 Å². The monoisotopic (exact) mass is 454 g/mol. The van der Waals surface area contributed by atoms with Gasteiger partial charge in [-0.25, -0.2) is 9.97 Å². The largest absolute Gasteiger partial charge is 0.288 e. The van der Waals surface area contributed by atoms with E-state index >= 15 is 0 Å². The van der Waals surface area contributed by atoms with Crippen LogP contribution in [0.2, 0.25) is 0 Å². The lowest BCUT2D eigenvalue weighted by molar-refractivity contribution is 0.138. The highest BCUT2D eigenvalue weighted by atomic mass is 79.9. The minimum absolute atomic E-state index is 0.0464. The predicted octanol–water partition coefficient (Wildman–Crippen LogP) is 4.79. The number of para-hydroxylation sites is 1. The van der Waals surface area contributed by atoms with Crippen LogP contribution in [0.15, 0.2) is 57.9 Å². The molecule has 28 heavy (non-hydrogen) atoms. The van der Waals surface area contributed by atoms with Gasteiger partial charge in [0.25, 0.3) is 5.56 Å². The molecule has 1 aliphatic rings. The smallest absolute Gasteiger partial charge is 0.258 e. The molecule has 3 aromatic heterocycles. The van der Waals surface area contributed by atoms with Gasteiger partial charge in [-0.15, -0.1) is 11.3 Å². The minimum Gasteiger partial charge on any atom is -0.288 e. The molecular weight excluding hydrogens is 436 g/mol. The van der Waals surface area contributed by atoms with E-state index < -0.39 is 0 Å². The second-order valence-electron chi connectivity index (χ2n) is 7.16. The number of nitrogens with zero attached hydrogens (tertiary/aromatic N) is 4. The number of aromatic nitrogens is 3. The lowest BCUT2D eigenvalue weighted by atomic mass is 10.0. The summed E-state index contributed by atoms with van der Waals surface area (Å²) in [7, 11) is 0. The molecule has 1 saturated heterocycles. The van der Waals surface area contributed by atoms with Crippen LogP contribution in [0.1, 0.15) is 36.0 Å². The molecule has 1 aliphatic heterocycles. The lowest BCUT2D eigenvalue weighted by Crippen LogP contribution is -2.33. The Kier molecular flexibility index (Phi) is 4.74. The molecule has 4 heterocycles. The molecule has 0 radical (unpaired) electrons. The first-order chi connectivity index (χ1) is 13.7. The Balaban J connectivity index is 1.48. The summed E-state index contributed by atoms with van der Waals surface area (Å²) in [5.41, 5.74) is 2.52. The maximum Gasteiger partial charge on any atom is 0.258 e. The van der Waals surface area contributed by atoms with Crippen LogP contribution in [-0.2, 0) is 6.54 Å². The van der Waals surface area contributed by atoms with Crippen molar-refractivity contribution in [2.24, 2.45) is 0 Å². The first-order valence-electron chi connectivity index (χ1n) is 9.45. The number of fused-ring (bicyclic) bond motifs is 2. The number of piperidine rings is 1. The summed E-state index contributed by atoms with van der Waals surface area (Å²) >= 11 is 5.19. The van der Waals surface area contributed by atoms with E-state index in [-0.39, 0.29) is 11.6 Å². The fourth-order valence-electron chi connectivity index (χ4n) is 3.91. The van der Waals surface area contributed by atoms with Crippen LogP contribution in [0.3, 0.4) is 0 Å². The van der Waals surface area contributed by atoms with Gasteiger partial charge in [-0.2, -0.15) is 0 Å². The fraction of sp³-hybridized carbons (Fsp3) is 0.286. The molecule has 1 aromatic carbocycles. The summed E-state index contributed by atoms with van der Waals surface area (Å²) in [4.78, 5) is 24.6. The van der Waals surface area contributed by atoms with Crippen molar-refractivity contribution in [2.75, 3.05) is 6.54 Å². The number of hydrogen-bond donors (Lipinski definition) is 0. The minimum atomic E-state index is -0.0464. The molecule has 5 nitrogen and oxygen atoms in total. The van der Waals surface area contributed by atoms with Crippen molar-refractivity contribution in [3.8, 4) is 0 Å². The number of thiazole rings is 1. The normalized spacial score (nSPS) is 18.1. The van der Waals surface area contributed by atoms with Crippen molar-refractivity contribution in [1.29, 1.82) is 0 Å². The van der Waals surface area contributed by atoms with Crippen LogP contribution >= 0.6 is 27.3 Å². The maximum atomic E-state index is 12.5. The summed E-state index contributed by atoms with van der Waals surface area (Å²) in [5.74, 6) is 0. The Morgan fingerprint density at radius 3 is 2.93 bits per heavy atom. The molecule has 0 bridgehead atoms. The molecule has 1 fully saturated rings. The van der Waals surface area contributed by atoms with E-state index in [1.54, 1.807) is 28.0 Å². The summed E-state index contributed by atoms with van der Waals surface area (Å²) in [6.45, 7) is 1.67. The average molecular weight is 455 g/mol. The highest BCUT2D eigenvalue weighted by molar-refractivity contribution is 9.10. The standard InChI is InChI=1S/C21H19BrN4OS/c22-14-8-9-19-23-15(11-20(27)26(19)12-14)13-25-10-4-3-6-17(25)21-24-16-5-1-2-7-18(16)28-21/h1-2,5,7-9,11-12,17H,3-4,6,10,13H2. The van der Waals surface area contributed by atoms with Crippen molar-refractivity contribution in [1.82, 2.24) is 19.3 Å². The highest BCUT2D eigenvalue weighted by Gasteiger charge is 2.27. The second-order valence-corrected chi connectivity index (χ2v) is 9.14. The summed E-state index contributed by atoms with van der Waals surface area (Å²) in [6.07, 6.45) is 5.23. The van der Waals surface area contributed by atoms with Gasteiger partial charge in [0.2, 0.25) is 0 Å². The van der Waals surface area contributed by atoms with Crippen molar-refractivity contribution < 1.29 is 0 Å². The molecule has 0 saturated carbocycles. The van der Waals surface area contributed by atoms with Crippen LogP contribution in [0.5, 0.6) is 0 Å². The van der Waals surface area contributed by atoms with Crippen molar-refractivity contribution in [3.63, 3.8) is 0 Å². The van der Waals surface area contributed by atoms with Gasteiger partial charge < -0.3 is 0 Å². The number of pyridine rings is 1. The molecule has 0 amide bonds. The van der Waals surface area contributed by atoms with Gasteiger partial charge in [0, 0.05) is 23.3 Å². The van der Waals surface area contributed by atoms with Gasteiger partial charge in [-0.05, 0) is 59.6 Å². The second kappa shape index (κ2) is 7.39. The van der Waals surface area contributed by atoms with Crippen LogP contribution in [0.25, 0.3) is 15.9 Å². The third-order valence-electron chi connectivity index (χ3n) is 5.25. The maximum absolute atomic E-state index is 12.5. The van der Waals surface area contributed by atoms with Crippen molar-refractivity contribution in [3.05, 3.63) is 74.2 Å². The van der Waals surface area contributed by atoms with E-state index in [4.69, 9.17) is 9.97 Å². The quantitative estimate of drug-likeness (QED) is 0.446. The Bertz CT molecular complexity index is 1180. The number of rotatable bonds is 3. The molecule has 7 heteroatoms. The first-order valence-corrected chi connectivity index (χ1v) is 11.1. The van der Waals surface area contributed by atoms with Crippen LogP contribution < -0.4 is 5.56 Å². The molecule has 5 rings (SSSR count). The van der Waals surface area contributed by atoms with Gasteiger partial charge >= 0.3 is 0 Å². The van der Waals surface area contributed by atoms with Gasteiger partial charge in [-0.1, -0.05) is 18.6 Å². The third kappa shape index (κ3) is 3.38. The molecule has 142 valence electrons. The lowest BCUT2D eigenvalue weighted by Gasteiger charge is -2.34. The van der Waals surface area contributed by atoms with Gasteiger partial charge in [0.1, 0.15) is 10.7 Å². The van der Waals surface area contributed by atoms with E-state index in [1.165, 1.54) is 22.5 Å². The summed E-state index contributed by atoms with van der Waals surface area (Å²) in [5, 5.41) is 1.17. The Labute approximate surface area is 174 Å². The molecule has 0 N–H and O–H groups in total. The van der Waals surface area contributed by atoms with Crippen molar-refractivity contribution >= 4 is 43.1 Å². The molecular formula is C21H19BrN4OS. The molecule has 0 aliphatic carbocycles. The zero-order valence-electron chi connectivity index (χ0n) is 15.2. The zero-order valence-corrected chi connectivity index (χ0v) is 17.6. The fourth-order valence-corrected chi connectivity index (χ4v) is 5.38. The van der Waals surface area contributed by atoms with Gasteiger partial charge in [0.15, 0.2) is 0 Å². The van der Waals surface area contributed by atoms with E-state index in [9.17, 15) is 4.79 Å². The van der Waals surface area contributed by atoms with E-state index in [2.05, 4.69) is 39.0 Å². The Morgan fingerprint density at radius 1 is 1.14 bits per heavy atom. The van der Waals surface area contributed by atoms with E-state index in [0.29, 0.717) is 12.2 Å². The predicted molar refractivity (Wildman–Crippen MR) is 116 cm³/mol. The van der Waals surface area contributed by atoms with Gasteiger partial charge in [-0.3, -0.25) is 14.1 Å². The molecule has 1 unspecified atom stereocenters. The topological polar surface area (TPSA) is 50.5 Å². The Hall–Kier alpha value is -2.09. The van der Waals surface area contributed by atoms with Crippen LogP contribution in [0.4, 0.5) is 0 Å². The third-order valence-corrected chi connectivity index (χ3v) is 6.86. The van der Waals surface area contributed by atoms with E-state index in [1.807, 2.05) is 18.2 Å². The molecule has 1 atom stereocenters. The van der Waals surface area contributed by atoms with Crippen LogP contribution in [-0.4, -0.2) is 25.8 Å².